The summed E-state index contributed by atoms with van der Waals surface area (Å²) in [6.07, 6.45) is 5.15. The van der Waals surface area contributed by atoms with E-state index in [9.17, 15) is 5.11 Å². The number of rotatable bonds is 3. The Balaban J connectivity index is 1.79. The lowest BCUT2D eigenvalue weighted by molar-refractivity contribution is 0.0554. The van der Waals surface area contributed by atoms with E-state index in [1.807, 2.05) is 0 Å². The molecule has 16 heavy (non-hydrogen) atoms. The van der Waals surface area contributed by atoms with E-state index < -0.39 is 0 Å². The molecule has 94 valence electrons. The predicted octanol–water partition coefficient (Wildman–Crippen LogP) is 1.17. The molecule has 2 aliphatic heterocycles. The molecule has 0 amide bonds. The Morgan fingerprint density at radius 3 is 2.50 bits per heavy atom. The van der Waals surface area contributed by atoms with Crippen LogP contribution < -0.4 is 0 Å². The van der Waals surface area contributed by atoms with Gasteiger partial charge in [-0.1, -0.05) is 6.92 Å². The summed E-state index contributed by atoms with van der Waals surface area (Å²) in [7, 11) is 0. The third kappa shape index (κ3) is 2.96. The van der Waals surface area contributed by atoms with Crippen molar-refractivity contribution in [2.75, 3.05) is 39.3 Å². The lowest BCUT2D eigenvalue weighted by Gasteiger charge is -2.41. The molecule has 0 aromatic carbocycles. The molecule has 0 bridgehead atoms. The van der Waals surface area contributed by atoms with E-state index in [-0.39, 0.29) is 0 Å². The summed E-state index contributed by atoms with van der Waals surface area (Å²) in [5.74, 6) is 0.540. The van der Waals surface area contributed by atoms with Gasteiger partial charge in [0.25, 0.3) is 0 Å². The van der Waals surface area contributed by atoms with E-state index in [1.54, 1.807) is 0 Å². The van der Waals surface area contributed by atoms with Gasteiger partial charge < -0.3 is 10.0 Å². The average Bonchev–Trinajstić information content (AvgIpc) is 2.39. The lowest BCUT2D eigenvalue weighted by Crippen LogP contribution is -2.48. The monoisotopic (exact) mass is 226 g/mol. The number of likely N-dealkylation sites (tertiary alicyclic amines) is 2. The Bertz CT molecular complexity index is 202. The van der Waals surface area contributed by atoms with Gasteiger partial charge >= 0.3 is 0 Å². The highest BCUT2D eigenvalue weighted by atomic mass is 16.3. The van der Waals surface area contributed by atoms with Crippen LogP contribution in [-0.2, 0) is 0 Å². The fraction of sp³-hybridized carbons (Fsp3) is 1.00. The van der Waals surface area contributed by atoms with Gasteiger partial charge in [-0.3, -0.25) is 4.90 Å². The van der Waals surface area contributed by atoms with Crippen molar-refractivity contribution in [1.29, 1.82) is 0 Å². The minimum Gasteiger partial charge on any atom is -0.396 e. The Labute approximate surface area is 99.4 Å². The van der Waals surface area contributed by atoms with Gasteiger partial charge in [0.15, 0.2) is 0 Å². The van der Waals surface area contributed by atoms with Crippen LogP contribution in [0.25, 0.3) is 0 Å². The molecular formula is C13H26N2O. The maximum atomic E-state index is 9.25. The number of hydrogen-bond acceptors (Lipinski definition) is 3. The zero-order valence-corrected chi connectivity index (χ0v) is 10.6. The molecule has 2 heterocycles. The highest BCUT2D eigenvalue weighted by molar-refractivity contribution is 4.83. The first kappa shape index (κ1) is 12.3. The summed E-state index contributed by atoms with van der Waals surface area (Å²) < 4.78 is 0. The SMILES string of the molecule is CCN1CCC(N2CCC[C@H](CO)C2)CC1. The summed E-state index contributed by atoms with van der Waals surface area (Å²) >= 11 is 0. The van der Waals surface area contributed by atoms with E-state index >= 15 is 0 Å². The van der Waals surface area contributed by atoms with Crippen molar-refractivity contribution in [2.45, 2.75) is 38.6 Å². The first-order chi connectivity index (χ1) is 7.83. The molecule has 0 aromatic heterocycles. The Morgan fingerprint density at radius 2 is 1.88 bits per heavy atom. The van der Waals surface area contributed by atoms with E-state index in [0.29, 0.717) is 12.5 Å². The van der Waals surface area contributed by atoms with Crippen LogP contribution in [0.4, 0.5) is 0 Å². The fourth-order valence-electron chi connectivity index (χ4n) is 3.18. The molecule has 0 saturated carbocycles. The molecule has 2 fully saturated rings. The van der Waals surface area contributed by atoms with Crippen LogP contribution in [0.5, 0.6) is 0 Å². The first-order valence-corrected chi connectivity index (χ1v) is 6.90. The lowest BCUT2D eigenvalue weighted by atomic mass is 9.94. The molecule has 3 heteroatoms. The van der Waals surface area contributed by atoms with Gasteiger partial charge in [0.2, 0.25) is 0 Å². The Morgan fingerprint density at radius 1 is 1.12 bits per heavy atom. The van der Waals surface area contributed by atoms with Crippen LogP contribution in [0, 0.1) is 5.92 Å². The molecule has 0 aliphatic carbocycles. The van der Waals surface area contributed by atoms with Crippen molar-refractivity contribution in [3.05, 3.63) is 0 Å². The van der Waals surface area contributed by atoms with Crippen molar-refractivity contribution in [3.63, 3.8) is 0 Å². The number of hydrogen-bond donors (Lipinski definition) is 1. The Kier molecular flexibility index (Phi) is 4.62. The highest BCUT2D eigenvalue weighted by Crippen LogP contribution is 2.23. The quantitative estimate of drug-likeness (QED) is 0.783. The zero-order chi connectivity index (χ0) is 11.4. The van der Waals surface area contributed by atoms with Gasteiger partial charge in [-0.25, -0.2) is 0 Å². The maximum absolute atomic E-state index is 9.25. The summed E-state index contributed by atoms with van der Waals surface area (Å²) in [6, 6.07) is 0.789. The summed E-state index contributed by atoms with van der Waals surface area (Å²) in [5, 5.41) is 9.25. The van der Waals surface area contributed by atoms with Crippen LogP contribution in [-0.4, -0.2) is 60.3 Å². The number of nitrogens with zero attached hydrogens (tertiary/aromatic N) is 2. The summed E-state index contributed by atoms with van der Waals surface area (Å²) in [4.78, 5) is 5.18. The topological polar surface area (TPSA) is 26.7 Å². The van der Waals surface area contributed by atoms with E-state index in [4.69, 9.17) is 0 Å². The average molecular weight is 226 g/mol. The standard InChI is InChI=1S/C13H26N2O/c1-2-14-8-5-13(6-9-14)15-7-3-4-12(10-15)11-16/h12-13,16H,2-11H2,1H3/t12-/m0/s1. The number of piperidine rings is 2. The molecular weight excluding hydrogens is 200 g/mol. The Hall–Kier alpha value is -0.120. The molecule has 0 radical (unpaired) electrons. The molecule has 1 N–H and O–H groups in total. The van der Waals surface area contributed by atoms with Crippen molar-refractivity contribution >= 4 is 0 Å². The normalized spacial score (nSPS) is 30.8. The third-order valence-electron chi connectivity index (χ3n) is 4.33. The molecule has 2 saturated heterocycles. The zero-order valence-electron chi connectivity index (χ0n) is 10.6. The largest absolute Gasteiger partial charge is 0.396 e. The maximum Gasteiger partial charge on any atom is 0.0471 e. The predicted molar refractivity (Wildman–Crippen MR) is 66.5 cm³/mol. The second-order valence-electron chi connectivity index (χ2n) is 5.35. The van der Waals surface area contributed by atoms with Crippen LogP contribution in [0.3, 0.4) is 0 Å². The van der Waals surface area contributed by atoms with Crippen LogP contribution >= 0.6 is 0 Å². The molecule has 0 unspecified atom stereocenters. The summed E-state index contributed by atoms with van der Waals surface area (Å²) in [5.41, 5.74) is 0. The third-order valence-corrected chi connectivity index (χ3v) is 4.33. The van der Waals surface area contributed by atoms with E-state index in [0.717, 1.165) is 12.6 Å². The van der Waals surface area contributed by atoms with Gasteiger partial charge in [-0.2, -0.15) is 0 Å². The van der Waals surface area contributed by atoms with Gasteiger partial charge in [0.1, 0.15) is 0 Å². The number of aliphatic hydroxyl groups excluding tert-OH is 1. The summed E-state index contributed by atoms with van der Waals surface area (Å²) in [6.45, 7) is 8.75. The minimum absolute atomic E-state index is 0.379. The number of aliphatic hydroxyl groups is 1. The van der Waals surface area contributed by atoms with Gasteiger partial charge in [0, 0.05) is 19.2 Å². The van der Waals surface area contributed by atoms with Gasteiger partial charge in [-0.15, -0.1) is 0 Å². The van der Waals surface area contributed by atoms with Gasteiger partial charge in [0.05, 0.1) is 0 Å². The minimum atomic E-state index is 0.379. The second-order valence-corrected chi connectivity index (χ2v) is 5.35. The van der Waals surface area contributed by atoms with E-state index in [2.05, 4.69) is 16.7 Å². The van der Waals surface area contributed by atoms with Crippen LogP contribution in [0.1, 0.15) is 32.6 Å². The van der Waals surface area contributed by atoms with Crippen molar-refractivity contribution in [3.8, 4) is 0 Å². The van der Waals surface area contributed by atoms with Gasteiger partial charge in [-0.05, 0) is 57.8 Å². The van der Waals surface area contributed by atoms with Crippen molar-refractivity contribution in [1.82, 2.24) is 9.80 Å². The second kappa shape index (κ2) is 5.99. The molecule has 0 aromatic rings. The molecule has 0 spiro atoms. The van der Waals surface area contributed by atoms with Crippen molar-refractivity contribution in [2.24, 2.45) is 5.92 Å². The molecule has 2 rings (SSSR count). The van der Waals surface area contributed by atoms with Crippen LogP contribution in [0.15, 0.2) is 0 Å². The fourth-order valence-corrected chi connectivity index (χ4v) is 3.18. The van der Waals surface area contributed by atoms with Crippen molar-refractivity contribution < 1.29 is 5.11 Å². The smallest absolute Gasteiger partial charge is 0.0471 e. The van der Waals surface area contributed by atoms with Crippen LogP contribution in [0.2, 0.25) is 0 Å². The van der Waals surface area contributed by atoms with E-state index in [1.165, 1.54) is 51.9 Å². The molecule has 2 aliphatic rings. The first-order valence-electron chi connectivity index (χ1n) is 6.90. The highest BCUT2D eigenvalue weighted by Gasteiger charge is 2.27. The molecule has 1 atom stereocenters. The molecule has 3 nitrogen and oxygen atoms in total.